The molecule has 0 fully saturated rings. The molecule has 1 aromatic rings. The second-order valence-electron chi connectivity index (χ2n) is 1.01. The van der Waals surface area contributed by atoms with E-state index >= 15 is 0 Å². The molecule has 0 aliphatic rings. The minimum atomic E-state index is -1.92. The quantitative estimate of drug-likeness (QED) is 0.603. The predicted molar refractivity (Wildman–Crippen MR) is 41.9 cm³/mol. The van der Waals surface area contributed by atoms with Crippen LogP contribution in [0.1, 0.15) is 0 Å². The summed E-state index contributed by atoms with van der Waals surface area (Å²) >= 11 is -0.204. The summed E-state index contributed by atoms with van der Waals surface area (Å²) in [5, 5.41) is 4.08. The smallest absolute Gasteiger partial charge is 0.00934 e. The molecule has 1 heterocycles. The Morgan fingerprint density at radius 3 is 1.44 bits per heavy atom. The standard InChI is InChI=1S/C4H4S.3ClH.Ti/c1-2-4-5-3-1;;;;/h1-4H;3*1H;/q;;;;+3/p-3. The van der Waals surface area contributed by atoms with E-state index in [0.29, 0.717) is 0 Å². The molecule has 0 saturated heterocycles. The first-order valence-corrected chi connectivity index (χ1v) is 9.43. The Morgan fingerprint density at radius 1 is 1.00 bits per heavy atom. The van der Waals surface area contributed by atoms with Crippen LogP contribution in [0.3, 0.4) is 0 Å². The van der Waals surface area contributed by atoms with Crippen molar-refractivity contribution in [3.05, 3.63) is 22.9 Å². The third kappa shape index (κ3) is 12.5. The van der Waals surface area contributed by atoms with E-state index in [1.54, 1.807) is 11.3 Å². The van der Waals surface area contributed by atoms with Crippen LogP contribution >= 0.6 is 39.3 Å². The SMILES string of the molecule is [Cl][Ti]([Cl])[Cl].c1ccsc1. The maximum absolute atomic E-state index is 4.97. The Balaban J connectivity index is 0.000000148. The summed E-state index contributed by atoms with van der Waals surface area (Å²) < 4.78 is 0. The summed E-state index contributed by atoms with van der Waals surface area (Å²) in [5.74, 6) is 0. The van der Waals surface area contributed by atoms with Gasteiger partial charge >= 0.3 is 42.6 Å². The fourth-order valence-electron chi connectivity index (χ4n) is 0.227. The molecule has 0 aliphatic carbocycles. The Hall–Kier alpha value is 1.28. The second-order valence-corrected chi connectivity index (χ2v) is 9.56. The average molecular weight is 238 g/mol. The number of rotatable bonds is 0. The first-order valence-electron chi connectivity index (χ1n) is 2.04. The van der Waals surface area contributed by atoms with Gasteiger partial charge in [-0.3, -0.25) is 0 Å². The van der Waals surface area contributed by atoms with Gasteiger partial charge in [-0.2, -0.15) is 11.3 Å². The maximum atomic E-state index is 4.97. The molecule has 0 saturated carbocycles. The molecule has 1 rings (SSSR count). The van der Waals surface area contributed by atoms with Crippen molar-refractivity contribution in [1.29, 1.82) is 0 Å². The van der Waals surface area contributed by atoms with Gasteiger partial charge in [0.1, 0.15) is 0 Å². The van der Waals surface area contributed by atoms with Crippen molar-refractivity contribution < 1.29 is 14.7 Å². The minimum Gasteiger partial charge on any atom is -0.152 e. The topological polar surface area (TPSA) is 0 Å². The van der Waals surface area contributed by atoms with Crippen LogP contribution in [0.5, 0.6) is 0 Å². The normalized spacial score (nSPS) is 7.44. The molecule has 0 aromatic carbocycles. The summed E-state index contributed by atoms with van der Waals surface area (Å²) in [7, 11) is 14.9. The summed E-state index contributed by atoms with van der Waals surface area (Å²) in [6, 6.07) is 4.04. The average Bonchev–Trinajstić information content (AvgIpc) is 2.11. The molecular formula is C4H4Cl3STi. The Morgan fingerprint density at radius 2 is 1.33 bits per heavy atom. The molecule has 0 aliphatic heterocycles. The first-order chi connectivity index (χ1) is 4.23. The van der Waals surface area contributed by atoms with Gasteiger partial charge in [-0.25, -0.2) is 0 Å². The fraction of sp³-hybridized carbons (Fsp3) is 0. The van der Waals surface area contributed by atoms with Crippen LogP contribution in [0, 0.1) is 0 Å². The van der Waals surface area contributed by atoms with Crippen LogP contribution in [-0.4, -0.2) is 0 Å². The monoisotopic (exact) mass is 237 g/mol. The third-order valence-electron chi connectivity index (χ3n) is 0.425. The molecule has 0 N–H and O–H groups in total. The van der Waals surface area contributed by atoms with Crippen molar-refractivity contribution in [2.45, 2.75) is 0 Å². The van der Waals surface area contributed by atoms with Crippen molar-refractivity contribution in [3.63, 3.8) is 0 Å². The molecule has 0 bridgehead atoms. The van der Waals surface area contributed by atoms with Crippen LogP contribution in [-0.2, 0) is 14.7 Å². The zero-order valence-corrected chi connectivity index (χ0v) is 9.00. The van der Waals surface area contributed by atoms with Crippen molar-refractivity contribution in [3.8, 4) is 0 Å². The molecule has 51 valence electrons. The molecule has 0 nitrogen and oxygen atoms in total. The number of hydrogen-bond donors (Lipinski definition) is 0. The van der Waals surface area contributed by atoms with E-state index in [1.165, 1.54) is 0 Å². The molecule has 9 heavy (non-hydrogen) atoms. The van der Waals surface area contributed by atoms with Gasteiger partial charge in [-0.1, -0.05) is 12.1 Å². The summed E-state index contributed by atoms with van der Waals surface area (Å²) in [4.78, 5) is 0. The Labute approximate surface area is 76.2 Å². The van der Waals surface area contributed by atoms with Gasteiger partial charge in [-0.05, 0) is 10.8 Å². The molecule has 0 spiro atoms. The summed E-state index contributed by atoms with van der Waals surface area (Å²) in [5.41, 5.74) is 0. The van der Waals surface area contributed by atoms with E-state index in [-0.39, 0.29) is 0 Å². The first kappa shape index (κ1) is 10.3. The zero-order valence-electron chi connectivity index (χ0n) is 4.35. The van der Waals surface area contributed by atoms with Crippen molar-refractivity contribution in [2.24, 2.45) is 0 Å². The zero-order chi connectivity index (χ0) is 7.11. The van der Waals surface area contributed by atoms with Crippen LogP contribution in [0.2, 0.25) is 0 Å². The molecule has 0 amide bonds. The Bertz CT molecular complexity index is 99.4. The number of halogens is 3. The van der Waals surface area contributed by atoms with Crippen LogP contribution in [0.15, 0.2) is 22.9 Å². The van der Waals surface area contributed by atoms with Gasteiger partial charge in [0.25, 0.3) is 0 Å². The van der Waals surface area contributed by atoms with Crippen LogP contribution < -0.4 is 0 Å². The summed E-state index contributed by atoms with van der Waals surface area (Å²) in [6.45, 7) is 0. The van der Waals surface area contributed by atoms with Gasteiger partial charge in [0.2, 0.25) is 0 Å². The largest absolute Gasteiger partial charge is 0.152 e. The second kappa shape index (κ2) is 7.39. The van der Waals surface area contributed by atoms with Gasteiger partial charge < -0.3 is 0 Å². The van der Waals surface area contributed by atoms with Gasteiger partial charge in [-0.15, -0.1) is 0 Å². The number of hydrogen-bond acceptors (Lipinski definition) is 1. The van der Waals surface area contributed by atoms with Crippen molar-refractivity contribution in [1.82, 2.24) is 0 Å². The van der Waals surface area contributed by atoms with Gasteiger partial charge in [0.15, 0.2) is 0 Å². The van der Waals surface area contributed by atoms with E-state index in [1.807, 2.05) is 22.9 Å². The van der Waals surface area contributed by atoms with E-state index < -0.39 is 14.7 Å². The number of thiophene rings is 1. The van der Waals surface area contributed by atoms with Gasteiger partial charge in [0.05, 0.1) is 0 Å². The fourth-order valence-corrected chi connectivity index (χ4v) is 0.680. The van der Waals surface area contributed by atoms with Crippen LogP contribution in [0.25, 0.3) is 0 Å². The maximum Gasteiger partial charge on any atom is -0.00934 e. The molecule has 1 aromatic heterocycles. The van der Waals surface area contributed by atoms with Crippen LogP contribution in [0.4, 0.5) is 0 Å². The minimum absolute atomic E-state index is 1.71. The Kier molecular flexibility index (Phi) is 8.45. The molecule has 0 unspecified atom stereocenters. The summed E-state index contributed by atoms with van der Waals surface area (Å²) in [6.07, 6.45) is 0. The van der Waals surface area contributed by atoms with E-state index in [4.69, 9.17) is 27.9 Å². The van der Waals surface area contributed by atoms with Crippen molar-refractivity contribution in [2.75, 3.05) is 0 Å². The van der Waals surface area contributed by atoms with Gasteiger partial charge in [0, 0.05) is 0 Å². The van der Waals surface area contributed by atoms with E-state index in [0.717, 1.165) is 0 Å². The molecule has 0 radical (unpaired) electrons. The molecule has 0 atom stereocenters. The molecular weight excluding hydrogens is 234 g/mol. The molecule has 5 heteroatoms. The van der Waals surface area contributed by atoms with E-state index in [2.05, 4.69) is 0 Å². The van der Waals surface area contributed by atoms with E-state index in [9.17, 15) is 0 Å². The van der Waals surface area contributed by atoms with Crippen molar-refractivity contribution >= 4 is 39.3 Å². The third-order valence-corrected chi connectivity index (χ3v) is 1.05. The predicted octanol–water partition coefficient (Wildman–Crippen LogP) is 3.81.